The first kappa shape index (κ1) is 52.4. The summed E-state index contributed by atoms with van der Waals surface area (Å²) in [5.74, 6) is 1.01. The SMILES string of the molecule is CCCCCCCCCCC(CCCCCCCC)CN1C(=O)C(=C2C(=O)N(CC(CCCCCCCC)CCCCCCCCCC)c3c2sc2ccccc32)c2sc3ccccc3c21. The van der Waals surface area contributed by atoms with Gasteiger partial charge in [0, 0.05) is 33.3 Å². The highest BCUT2D eigenvalue weighted by atomic mass is 32.1. The monoisotopic (exact) mass is 935 g/mol. The third-order valence-electron chi connectivity index (χ3n) is 15.0. The predicted molar refractivity (Wildman–Crippen MR) is 293 cm³/mol. The van der Waals surface area contributed by atoms with E-state index in [9.17, 15) is 0 Å². The summed E-state index contributed by atoms with van der Waals surface area (Å²) in [6.07, 6.45) is 41.3. The van der Waals surface area contributed by atoms with Crippen LogP contribution in [0, 0.1) is 11.8 Å². The number of anilines is 2. The summed E-state index contributed by atoms with van der Waals surface area (Å²) in [4.78, 5) is 37.3. The summed E-state index contributed by atoms with van der Waals surface area (Å²) in [5.41, 5.74) is 3.48. The van der Waals surface area contributed by atoms with E-state index in [1.165, 1.54) is 215 Å². The third-order valence-corrected chi connectivity index (χ3v) is 17.4. The number of benzene rings is 2. The number of amides is 2. The predicted octanol–water partition coefficient (Wildman–Crippen LogP) is 19.5. The zero-order valence-corrected chi connectivity index (χ0v) is 44.0. The zero-order chi connectivity index (χ0) is 46.4. The number of carbonyl (C=O) groups excluding carboxylic acids is 2. The number of unbranched alkanes of at least 4 members (excludes halogenated alkanes) is 24. The largest absolute Gasteiger partial charge is 0.306 e. The summed E-state index contributed by atoms with van der Waals surface area (Å²) in [7, 11) is 0. The number of hydrogen-bond acceptors (Lipinski definition) is 4. The summed E-state index contributed by atoms with van der Waals surface area (Å²) < 4.78 is 2.41. The van der Waals surface area contributed by atoms with Crippen LogP contribution in [0.25, 0.3) is 31.3 Å². The molecule has 6 rings (SSSR count). The average molecular weight is 936 g/mol. The fraction of sp³-hybridized carbons (Fsp3) is 0.667. The van der Waals surface area contributed by atoms with E-state index in [1.54, 1.807) is 22.7 Å². The van der Waals surface area contributed by atoms with Gasteiger partial charge in [0.2, 0.25) is 0 Å². The first-order chi connectivity index (χ1) is 32.5. The molecular formula is C60H90N2O2S2. The summed E-state index contributed by atoms with van der Waals surface area (Å²) >= 11 is 3.46. The standard InChI is InChI=1S/C60H90N2O2S2/c1-5-9-13-17-21-23-27-31-39-47(37-29-25-19-15-11-7-3)45-61-55-49-41-33-35-43-51(49)65-57(55)53(59(61)63)54-58-56(50-42-34-36-44-52(50)66-58)62(60(54)64)46-48(38-30-26-20-16-12-8-4)40-32-28-24-22-18-14-10-6-2/h33-36,41-44,47-48H,5-32,37-40,45-46H2,1-4H3. The fourth-order valence-corrected chi connectivity index (χ4v) is 13.6. The Hall–Kier alpha value is -2.96. The molecule has 2 aliphatic heterocycles. The van der Waals surface area contributed by atoms with E-state index in [4.69, 9.17) is 0 Å². The molecule has 2 unspecified atom stereocenters. The van der Waals surface area contributed by atoms with Gasteiger partial charge in [0.1, 0.15) is 0 Å². The number of carbonyl (C=O) groups is 2. The molecule has 2 aromatic carbocycles. The maximum Gasteiger partial charge on any atom is 0.260 e. The van der Waals surface area contributed by atoms with Crippen LogP contribution in [0.2, 0.25) is 0 Å². The van der Waals surface area contributed by atoms with Crippen LogP contribution in [-0.2, 0) is 9.59 Å². The van der Waals surface area contributed by atoms with E-state index in [0.29, 0.717) is 23.0 Å². The van der Waals surface area contributed by atoms with Crippen molar-refractivity contribution in [1.29, 1.82) is 0 Å². The molecule has 4 nitrogen and oxygen atoms in total. The van der Waals surface area contributed by atoms with E-state index in [0.717, 1.165) is 45.0 Å². The second kappa shape index (κ2) is 29.2. The van der Waals surface area contributed by atoms with Crippen molar-refractivity contribution in [2.75, 3.05) is 22.9 Å². The number of rotatable bonds is 36. The number of nitrogens with zero attached hydrogens (tertiary/aromatic N) is 2. The van der Waals surface area contributed by atoms with Crippen molar-refractivity contribution < 1.29 is 9.59 Å². The van der Waals surface area contributed by atoms with Crippen LogP contribution in [0.4, 0.5) is 11.4 Å². The van der Waals surface area contributed by atoms with E-state index in [1.807, 2.05) is 0 Å². The minimum absolute atomic E-state index is 0.0574. The van der Waals surface area contributed by atoms with Crippen LogP contribution in [0.5, 0.6) is 0 Å². The molecule has 4 heterocycles. The fourth-order valence-electron chi connectivity index (χ4n) is 11.1. The Balaban J connectivity index is 1.29. The summed E-state index contributed by atoms with van der Waals surface area (Å²) in [6, 6.07) is 17.4. The topological polar surface area (TPSA) is 40.6 Å². The molecule has 4 aromatic rings. The molecule has 6 heteroatoms. The second-order valence-electron chi connectivity index (χ2n) is 20.5. The van der Waals surface area contributed by atoms with Gasteiger partial charge >= 0.3 is 0 Å². The lowest BCUT2D eigenvalue weighted by atomic mass is 9.93. The smallest absolute Gasteiger partial charge is 0.260 e. The Morgan fingerprint density at radius 1 is 0.379 bits per heavy atom. The lowest BCUT2D eigenvalue weighted by Crippen LogP contribution is -2.34. The maximum absolute atomic E-state index is 15.5. The average Bonchev–Trinajstić information content (AvgIpc) is 4.04. The molecule has 364 valence electrons. The van der Waals surface area contributed by atoms with Gasteiger partial charge < -0.3 is 9.80 Å². The molecule has 0 bridgehead atoms. The van der Waals surface area contributed by atoms with Crippen molar-refractivity contribution in [3.05, 3.63) is 58.3 Å². The molecule has 2 aromatic heterocycles. The van der Waals surface area contributed by atoms with E-state index >= 15 is 9.59 Å². The Labute approximate surface area is 410 Å². The summed E-state index contributed by atoms with van der Waals surface area (Å²) in [6.45, 7) is 10.7. The van der Waals surface area contributed by atoms with Gasteiger partial charge in [0.25, 0.3) is 11.8 Å². The van der Waals surface area contributed by atoms with E-state index in [2.05, 4.69) is 86.0 Å². The highest BCUT2D eigenvalue weighted by molar-refractivity contribution is 7.23. The molecular weight excluding hydrogens is 845 g/mol. The molecule has 0 aliphatic carbocycles. The van der Waals surface area contributed by atoms with Gasteiger partial charge in [-0.15, -0.1) is 22.7 Å². The molecule has 0 spiro atoms. The molecule has 0 N–H and O–H groups in total. The Morgan fingerprint density at radius 3 is 0.955 bits per heavy atom. The third kappa shape index (κ3) is 14.5. The van der Waals surface area contributed by atoms with Crippen molar-refractivity contribution in [1.82, 2.24) is 0 Å². The quantitative estimate of drug-likeness (QED) is 0.0337. The van der Waals surface area contributed by atoms with Gasteiger partial charge in [-0.1, -0.05) is 244 Å². The van der Waals surface area contributed by atoms with Gasteiger partial charge in [-0.3, -0.25) is 9.59 Å². The van der Waals surface area contributed by atoms with E-state index < -0.39 is 0 Å². The zero-order valence-electron chi connectivity index (χ0n) is 42.3. The lowest BCUT2D eigenvalue weighted by molar-refractivity contribution is -0.114. The van der Waals surface area contributed by atoms with Crippen LogP contribution < -0.4 is 9.80 Å². The molecule has 2 aliphatic rings. The maximum atomic E-state index is 15.5. The van der Waals surface area contributed by atoms with Crippen molar-refractivity contribution in [3.8, 4) is 0 Å². The second-order valence-corrected chi connectivity index (χ2v) is 22.6. The van der Waals surface area contributed by atoms with Gasteiger partial charge in [0.15, 0.2) is 0 Å². The Morgan fingerprint density at radius 2 is 0.652 bits per heavy atom. The molecule has 0 fully saturated rings. The first-order valence-corrected chi connectivity index (χ1v) is 29.6. The van der Waals surface area contributed by atoms with Crippen LogP contribution in [-0.4, -0.2) is 24.9 Å². The van der Waals surface area contributed by atoms with Gasteiger partial charge in [-0.2, -0.15) is 0 Å². The Kier molecular flexibility index (Phi) is 23.2. The highest BCUT2D eigenvalue weighted by Gasteiger charge is 2.46. The molecule has 0 saturated heterocycles. The minimum Gasteiger partial charge on any atom is -0.306 e. The number of hydrogen-bond donors (Lipinski definition) is 0. The summed E-state index contributed by atoms with van der Waals surface area (Å²) in [5, 5.41) is 2.32. The molecule has 2 amide bonds. The van der Waals surface area contributed by atoms with Crippen LogP contribution in [0.3, 0.4) is 0 Å². The van der Waals surface area contributed by atoms with Crippen LogP contribution >= 0.6 is 22.7 Å². The van der Waals surface area contributed by atoms with Crippen molar-refractivity contribution in [3.63, 3.8) is 0 Å². The molecule has 0 radical (unpaired) electrons. The van der Waals surface area contributed by atoms with Crippen molar-refractivity contribution >= 4 is 77.2 Å². The van der Waals surface area contributed by atoms with Gasteiger partial charge in [0.05, 0.1) is 32.3 Å². The normalized spacial score (nSPS) is 15.8. The Bertz CT molecular complexity index is 1930. The lowest BCUT2D eigenvalue weighted by Gasteiger charge is -2.25. The highest BCUT2D eigenvalue weighted by Crippen LogP contribution is 2.56. The number of fused-ring (bicyclic) bond motifs is 6. The van der Waals surface area contributed by atoms with Crippen LogP contribution in [0.15, 0.2) is 48.5 Å². The molecule has 2 atom stereocenters. The van der Waals surface area contributed by atoms with Crippen molar-refractivity contribution in [2.45, 2.75) is 233 Å². The molecule has 66 heavy (non-hydrogen) atoms. The van der Waals surface area contributed by atoms with Crippen molar-refractivity contribution in [2.24, 2.45) is 11.8 Å². The minimum atomic E-state index is 0.0574. The van der Waals surface area contributed by atoms with Gasteiger partial charge in [-0.25, -0.2) is 0 Å². The number of thiophene rings is 2. The first-order valence-electron chi connectivity index (χ1n) is 27.9. The van der Waals surface area contributed by atoms with Crippen LogP contribution in [0.1, 0.15) is 243 Å². The molecule has 0 saturated carbocycles. The van der Waals surface area contributed by atoms with Gasteiger partial charge in [-0.05, 0) is 49.7 Å². The van der Waals surface area contributed by atoms with E-state index in [-0.39, 0.29) is 11.8 Å².